The molecule has 0 rings (SSSR count). The summed E-state index contributed by atoms with van der Waals surface area (Å²) in [5.74, 6) is -0.148. The number of hydrogen-bond acceptors (Lipinski definition) is 4. The number of unbranched alkanes of at least 4 members (excludes halogenated alkanes) is 47. The van der Waals surface area contributed by atoms with Crippen LogP contribution in [0.25, 0.3) is 0 Å². The Balaban J connectivity index is 3.46. The van der Waals surface area contributed by atoms with Gasteiger partial charge < -0.3 is 20.6 Å². The lowest BCUT2D eigenvalue weighted by atomic mass is 10.0. The molecule has 69 heavy (non-hydrogen) atoms. The number of rotatable bonds is 59. The van der Waals surface area contributed by atoms with Gasteiger partial charge in [0, 0.05) is 6.42 Å². The molecule has 0 aliphatic rings. The van der Waals surface area contributed by atoms with E-state index in [1.165, 1.54) is 289 Å². The van der Waals surface area contributed by atoms with Gasteiger partial charge in [0.15, 0.2) is 0 Å². The minimum absolute atomic E-state index is 0.148. The highest BCUT2D eigenvalue weighted by Gasteiger charge is 2.26. The van der Waals surface area contributed by atoms with Crippen molar-refractivity contribution in [2.45, 2.75) is 372 Å². The van der Waals surface area contributed by atoms with Crippen molar-refractivity contribution in [3.8, 4) is 0 Å². The van der Waals surface area contributed by atoms with E-state index >= 15 is 0 Å². The third-order valence-electron chi connectivity index (χ3n) is 15.0. The Kier molecular flexibility index (Phi) is 58.4. The van der Waals surface area contributed by atoms with Crippen molar-refractivity contribution in [1.82, 2.24) is 5.32 Å². The SMILES string of the molecule is CCCCCCCCCCCCCCC/C=C/CCCC(O)C(O)C(CO)NC(=O)CCCCCCCCCCCCCCCCCCC/C=C\CCCCCCCCCCCCCCCCCC. The summed E-state index contributed by atoms with van der Waals surface area (Å²) in [7, 11) is 0. The molecule has 0 saturated carbocycles. The third-order valence-corrected chi connectivity index (χ3v) is 15.0. The highest BCUT2D eigenvalue weighted by atomic mass is 16.3. The first-order valence-electron chi connectivity index (χ1n) is 31.6. The monoisotopic (exact) mass is 972 g/mol. The number of hydrogen-bond donors (Lipinski definition) is 4. The van der Waals surface area contributed by atoms with Gasteiger partial charge in [-0.3, -0.25) is 4.79 Å². The van der Waals surface area contributed by atoms with Crippen molar-refractivity contribution >= 4 is 5.91 Å². The maximum Gasteiger partial charge on any atom is 0.220 e. The van der Waals surface area contributed by atoms with Crippen LogP contribution in [0, 0.1) is 0 Å². The van der Waals surface area contributed by atoms with E-state index in [0.717, 1.165) is 38.5 Å². The molecule has 0 radical (unpaired) electrons. The minimum atomic E-state index is -1.16. The molecule has 0 aromatic carbocycles. The summed E-state index contributed by atoms with van der Waals surface area (Å²) in [5.41, 5.74) is 0. The molecule has 5 heteroatoms. The molecule has 5 nitrogen and oxygen atoms in total. The largest absolute Gasteiger partial charge is 0.394 e. The van der Waals surface area contributed by atoms with E-state index in [4.69, 9.17) is 0 Å². The maximum absolute atomic E-state index is 12.5. The molecular formula is C64H125NO4. The van der Waals surface area contributed by atoms with Crippen LogP contribution in [0.3, 0.4) is 0 Å². The van der Waals surface area contributed by atoms with Crippen LogP contribution in [0.1, 0.15) is 354 Å². The van der Waals surface area contributed by atoms with Crippen LogP contribution in [-0.2, 0) is 4.79 Å². The van der Waals surface area contributed by atoms with Gasteiger partial charge in [-0.25, -0.2) is 0 Å². The molecule has 0 heterocycles. The zero-order valence-corrected chi connectivity index (χ0v) is 47.0. The van der Waals surface area contributed by atoms with Gasteiger partial charge in [-0.15, -0.1) is 0 Å². The standard InChI is InChI=1S/C64H125NO4/c1-3-5-7-9-11-13-15-17-19-21-23-24-25-26-27-28-29-30-31-32-33-34-35-36-37-38-39-40-41-43-45-47-49-51-53-55-57-59-63(68)65-61(60-66)64(69)62(67)58-56-54-52-50-48-46-44-42-22-20-18-16-14-12-10-8-6-4-2/h30-31,50,52,61-62,64,66-67,69H,3-29,32-49,51,53-60H2,1-2H3,(H,65,68)/b31-30-,52-50+. The third kappa shape index (κ3) is 54.4. The molecule has 0 bridgehead atoms. The van der Waals surface area contributed by atoms with Crippen molar-refractivity contribution in [2.24, 2.45) is 0 Å². The van der Waals surface area contributed by atoms with Gasteiger partial charge in [-0.05, 0) is 64.2 Å². The van der Waals surface area contributed by atoms with E-state index in [0.29, 0.717) is 12.8 Å². The van der Waals surface area contributed by atoms with Crippen LogP contribution in [0.5, 0.6) is 0 Å². The molecule has 3 unspecified atom stereocenters. The normalized spacial score (nSPS) is 13.3. The van der Waals surface area contributed by atoms with Gasteiger partial charge in [0.2, 0.25) is 5.91 Å². The van der Waals surface area contributed by atoms with Crippen LogP contribution in [-0.4, -0.2) is 46.1 Å². The summed E-state index contributed by atoms with van der Waals surface area (Å²) in [6.07, 6.45) is 76.6. The minimum Gasteiger partial charge on any atom is -0.394 e. The van der Waals surface area contributed by atoms with E-state index in [-0.39, 0.29) is 12.5 Å². The molecule has 1 amide bonds. The smallest absolute Gasteiger partial charge is 0.220 e. The first kappa shape index (κ1) is 67.8. The summed E-state index contributed by atoms with van der Waals surface area (Å²) in [4.78, 5) is 12.5. The lowest BCUT2D eigenvalue weighted by Gasteiger charge is -2.26. The number of allylic oxidation sites excluding steroid dienone is 4. The van der Waals surface area contributed by atoms with Gasteiger partial charge in [0.05, 0.1) is 18.8 Å². The highest BCUT2D eigenvalue weighted by molar-refractivity contribution is 5.76. The molecule has 0 fully saturated rings. The molecule has 0 saturated heterocycles. The van der Waals surface area contributed by atoms with E-state index in [1.807, 2.05) is 0 Å². The molecular weight excluding hydrogens is 847 g/mol. The summed E-state index contributed by atoms with van der Waals surface area (Å²) >= 11 is 0. The molecule has 4 N–H and O–H groups in total. The van der Waals surface area contributed by atoms with Crippen LogP contribution in [0.4, 0.5) is 0 Å². The van der Waals surface area contributed by atoms with Crippen LogP contribution >= 0.6 is 0 Å². The highest BCUT2D eigenvalue weighted by Crippen LogP contribution is 2.18. The van der Waals surface area contributed by atoms with Crippen LogP contribution < -0.4 is 5.32 Å². The molecule has 410 valence electrons. The second-order valence-electron chi connectivity index (χ2n) is 22.0. The molecule has 0 aromatic heterocycles. The van der Waals surface area contributed by atoms with Gasteiger partial charge >= 0.3 is 0 Å². The fraction of sp³-hybridized carbons (Fsp3) is 0.922. The Hall–Kier alpha value is -1.17. The number of carbonyl (C=O) groups excluding carboxylic acids is 1. The molecule has 0 aromatic rings. The predicted octanol–water partition coefficient (Wildman–Crippen LogP) is 20.0. The van der Waals surface area contributed by atoms with Gasteiger partial charge in [-0.1, -0.05) is 308 Å². The van der Waals surface area contributed by atoms with Crippen molar-refractivity contribution < 1.29 is 20.1 Å². The van der Waals surface area contributed by atoms with Crippen molar-refractivity contribution in [3.05, 3.63) is 24.3 Å². The predicted molar refractivity (Wildman–Crippen MR) is 305 cm³/mol. The lowest BCUT2D eigenvalue weighted by molar-refractivity contribution is -0.124. The Morgan fingerprint density at radius 3 is 0.841 bits per heavy atom. The summed E-state index contributed by atoms with van der Waals surface area (Å²) in [5, 5.41) is 33.8. The zero-order valence-electron chi connectivity index (χ0n) is 47.0. The van der Waals surface area contributed by atoms with Crippen molar-refractivity contribution in [1.29, 1.82) is 0 Å². The Morgan fingerprint density at radius 2 is 0.580 bits per heavy atom. The van der Waals surface area contributed by atoms with E-state index in [1.54, 1.807) is 0 Å². The summed E-state index contributed by atoms with van der Waals surface area (Å²) in [6.45, 7) is 4.21. The van der Waals surface area contributed by atoms with E-state index in [2.05, 4.69) is 43.5 Å². The van der Waals surface area contributed by atoms with Gasteiger partial charge in [0.1, 0.15) is 6.10 Å². The average molecular weight is 973 g/mol. The first-order chi connectivity index (χ1) is 34.1. The topological polar surface area (TPSA) is 89.8 Å². The fourth-order valence-corrected chi connectivity index (χ4v) is 10.2. The number of nitrogens with one attached hydrogen (secondary N) is 1. The summed E-state index contributed by atoms with van der Waals surface area (Å²) in [6, 6.07) is -0.825. The number of aliphatic hydroxyl groups excluding tert-OH is 3. The maximum atomic E-state index is 12.5. The molecule has 3 atom stereocenters. The fourth-order valence-electron chi connectivity index (χ4n) is 10.2. The van der Waals surface area contributed by atoms with Crippen LogP contribution in [0.2, 0.25) is 0 Å². The first-order valence-corrected chi connectivity index (χ1v) is 31.6. The van der Waals surface area contributed by atoms with Crippen molar-refractivity contribution in [3.63, 3.8) is 0 Å². The molecule has 0 spiro atoms. The lowest BCUT2D eigenvalue weighted by Crippen LogP contribution is -2.50. The Labute approximate surface area is 432 Å². The van der Waals surface area contributed by atoms with E-state index in [9.17, 15) is 20.1 Å². The van der Waals surface area contributed by atoms with Crippen LogP contribution in [0.15, 0.2) is 24.3 Å². The summed E-state index contributed by atoms with van der Waals surface area (Å²) < 4.78 is 0. The number of carbonyl (C=O) groups is 1. The van der Waals surface area contributed by atoms with Gasteiger partial charge in [0.25, 0.3) is 0 Å². The van der Waals surface area contributed by atoms with Gasteiger partial charge in [-0.2, -0.15) is 0 Å². The van der Waals surface area contributed by atoms with E-state index < -0.39 is 18.2 Å². The quantitative estimate of drug-likeness (QED) is 0.0361. The second kappa shape index (κ2) is 59.4. The molecule has 0 aliphatic carbocycles. The van der Waals surface area contributed by atoms with Crippen molar-refractivity contribution in [2.75, 3.05) is 6.61 Å². The Bertz CT molecular complexity index is 1030. The number of amides is 1. The molecule has 0 aliphatic heterocycles. The average Bonchev–Trinajstić information content (AvgIpc) is 3.35. The second-order valence-corrected chi connectivity index (χ2v) is 22.0. The Morgan fingerprint density at radius 1 is 0.348 bits per heavy atom. The zero-order chi connectivity index (χ0) is 50.0. The number of aliphatic hydroxyl groups is 3.